The van der Waals surface area contributed by atoms with Crippen LogP contribution < -0.4 is 0 Å². The summed E-state index contributed by atoms with van der Waals surface area (Å²) in [5.41, 5.74) is 0.818. The van der Waals surface area contributed by atoms with Crippen molar-refractivity contribution >= 4 is 11.6 Å². The van der Waals surface area contributed by atoms with E-state index < -0.39 is 6.10 Å². The van der Waals surface area contributed by atoms with Crippen molar-refractivity contribution in [1.82, 2.24) is 4.90 Å². The molecule has 1 aromatic rings. The van der Waals surface area contributed by atoms with Crippen LogP contribution in [0.4, 0.5) is 0 Å². The first-order valence-corrected chi connectivity index (χ1v) is 7.22. The van der Waals surface area contributed by atoms with Crippen LogP contribution in [-0.4, -0.2) is 43.4 Å². The summed E-state index contributed by atoms with van der Waals surface area (Å²) in [6, 6.07) is 7.51. The molecule has 106 valence electrons. The normalized spacial score (nSPS) is 22.4. The highest BCUT2D eigenvalue weighted by atomic mass is 35.5. The summed E-state index contributed by atoms with van der Waals surface area (Å²) in [5, 5.41) is 11.0. The van der Waals surface area contributed by atoms with Gasteiger partial charge in [-0.05, 0) is 31.4 Å². The van der Waals surface area contributed by atoms with Gasteiger partial charge in [0.05, 0.1) is 12.7 Å². The lowest BCUT2D eigenvalue weighted by Crippen LogP contribution is -2.39. The van der Waals surface area contributed by atoms with E-state index >= 15 is 0 Å². The number of piperidine rings is 1. The Morgan fingerprint density at radius 1 is 1.47 bits per heavy atom. The molecule has 0 radical (unpaired) electrons. The zero-order chi connectivity index (χ0) is 13.7. The third kappa shape index (κ3) is 4.18. The Balaban J connectivity index is 1.91. The minimum atomic E-state index is -0.519. The van der Waals surface area contributed by atoms with Crippen molar-refractivity contribution in [3.63, 3.8) is 0 Å². The van der Waals surface area contributed by atoms with Gasteiger partial charge in [-0.25, -0.2) is 0 Å². The van der Waals surface area contributed by atoms with Crippen LogP contribution in [0.1, 0.15) is 24.5 Å². The number of methoxy groups -OCH3 is 1. The summed E-state index contributed by atoms with van der Waals surface area (Å²) in [6.07, 6.45) is 1.87. The molecule has 19 heavy (non-hydrogen) atoms. The number of aliphatic hydroxyl groups excluding tert-OH is 1. The summed E-state index contributed by atoms with van der Waals surface area (Å²) in [7, 11) is 1.75. The van der Waals surface area contributed by atoms with Gasteiger partial charge in [-0.2, -0.15) is 0 Å². The van der Waals surface area contributed by atoms with Crippen LogP contribution in [0.15, 0.2) is 24.3 Å². The van der Waals surface area contributed by atoms with E-state index in [2.05, 4.69) is 4.90 Å². The summed E-state index contributed by atoms with van der Waals surface area (Å²) >= 11 is 6.12. The van der Waals surface area contributed by atoms with Crippen molar-refractivity contribution < 1.29 is 9.84 Å². The highest BCUT2D eigenvalue weighted by molar-refractivity contribution is 6.31. The molecule has 1 heterocycles. The van der Waals surface area contributed by atoms with Gasteiger partial charge >= 0.3 is 0 Å². The molecule has 0 saturated carbocycles. The second-order valence-corrected chi connectivity index (χ2v) is 5.67. The van der Waals surface area contributed by atoms with E-state index in [1.165, 1.54) is 12.8 Å². The van der Waals surface area contributed by atoms with Crippen LogP contribution in [0.3, 0.4) is 0 Å². The van der Waals surface area contributed by atoms with Crippen molar-refractivity contribution in [2.45, 2.75) is 18.9 Å². The number of nitrogens with zero attached hydrogens (tertiary/aromatic N) is 1. The first kappa shape index (κ1) is 14.8. The van der Waals surface area contributed by atoms with Gasteiger partial charge in [0.1, 0.15) is 0 Å². The van der Waals surface area contributed by atoms with Crippen LogP contribution in [0.2, 0.25) is 5.02 Å². The number of benzene rings is 1. The average Bonchev–Trinajstić information content (AvgIpc) is 2.40. The maximum Gasteiger partial charge on any atom is 0.0931 e. The molecule has 1 aliphatic heterocycles. The maximum absolute atomic E-state index is 10.3. The number of halogens is 1. The Bertz CT molecular complexity index is 397. The van der Waals surface area contributed by atoms with Gasteiger partial charge in [0.25, 0.3) is 0 Å². The quantitative estimate of drug-likeness (QED) is 0.902. The number of aliphatic hydroxyl groups is 1. The third-order valence-corrected chi connectivity index (χ3v) is 4.05. The van der Waals surface area contributed by atoms with E-state index in [1.54, 1.807) is 7.11 Å². The monoisotopic (exact) mass is 283 g/mol. The number of hydrogen-bond acceptors (Lipinski definition) is 3. The maximum atomic E-state index is 10.3. The second kappa shape index (κ2) is 7.25. The molecule has 0 aliphatic carbocycles. The van der Waals surface area contributed by atoms with Gasteiger partial charge in [0, 0.05) is 30.8 Å². The predicted molar refractivity (Wildman–Crippen MR) is 77.5 cm³/mol. The molecule has 2 rings (SSSR count). The van der Waals surface area contributed by atoms with Gasteiger partial charge in [0.15, 0.2) is 0 Å². The van der Waals surface area contributed by atoms with Crippen LogP contribution >= 0.6 is 11.6 Å². The molecule has 1 saturated heterocycles. The number of likely N-dealkylation sites (tertiary alicyclic amines) is 1. The molecule has 3 nitrogen and oxygen atoms in total. The van der Waals surface area contributed by atoms with Gasteiger partial charge < -0.3 is 14.7 Å². The predicted octanol–water partition coefficient (Wildman–Crippen LogP) is 2.73. The fraction of sp³-hybridized carbons (Fsp3) is 0.600. The van der Waals surface area contributed by atoms with Crippen LogP contribution in [0.25, 0.3) is 0 Å². The second-order valence-electron chi connectivity index (χ2n) is 5.26. The summed E-state index contributed by atoms with van der Waals surface area (Å²) in [4.78, 5) is 2.31. The zero-order valence-corrected chi connectivity index (χ0v) is 12.1. The Labute approximate surface area is 120 Å². The van der Waals surface area contributed by atoms with E-state index in [0.717, 1.165) is 25.3 Å². The third-order valence-electron chi connectivity index (χ3n) is 3.70. The standard InChI is InChI=1S/C15H22ClNO2/c1-19-11-12-5-4-8-17(9-12)10-15(18)13-6-2-3-7-14(13)16/h2-3,6-7,12,15,18H,4-5,8-11H2,1H3. The Kier molecular flexibility index (Phi) is 5.64. The molecular weight excluding hydrogens is 262 g/mol. The molecule has 1 aromatic carbocycles. The van der Waals surface area contributed by atoms with Crippen LogP contribution in [0, 0.1) is 5.92 Å². The number of rotatable bonds is 5. The molecule has 0 spiro atoms. The lowest BCUT2D eigenvalue weighted by atomic mass is 9.98. The number of hydrogen-bond donors (Lipinski definition) is 1. The molecule has 2 atom stereocenters. The topological polar surface area (TPSA) is 32.7 Å². The summed E-state index contributed by atoms with van der Waals surface area (Å²) in [5.74, 6) is 0.581. The highest BCUT2D eigenvalue weighted by Gasteiger charge is 2.22. The minimum absolute atomic E-state index is 0.519. The molecule has 0 bridgehead atoms. The Morgan fingerprint density at radius 2 is 2.26 bits per heavy atom. The number of ether oxygens (including phenoxy) is 1. The van der Waals surface area contributed by atoms with Crippen molar-refractivity contribution in [3.8, 4) is 0 Å². The van der Waals surface area contributed by atoms with Gasteiger partial charge in [0.2, 0.25) is 0 Å². The van der Waals surface area contributed by atoms with E-state index in [4.69, 9.17) is 16.3 Å². The lowest BCUT2D eigenvalue weighted by Gasteiger charge is -2.33. The molecule has 0 amide bonds. The molecular formula is C15H22ClNO2. The molecule has 4 heteroatoms. The summed E-state index contributed by atoms with van der Waals surface area (Å²) in [6.45, 7) is 3.49. The van der Waals surface area contributed by atoms with Gasteiger partial charge in [-0.3, -0.25) is 0 Å². The number of β-amino-alcohol motifs (C(OH)–C–C–N with tert-alkyl or cyclic N) is 1. The smallest absolute Gasteiger partial charge is 0.0931 e. The van der Waals surface area contributed by atoms with Gasteiger partial charge in [-0.15, -0.1) is 0 Å². The molecule has 2 unspecified atom stereocenters. The van der Waals surface area contributed by atoms with Crippen molar-refractivity contribution in [2.75, 3.05) is 33.4 Å². The lowest BCUT2D eigenvalue weighted by molar-refractivity contribution is 0.0563. The van der Waals surface area contributed by atoms with Gasteiger partial charge in [-0.1, -0.05) is 29.8 Å². The van der Waals surface area contributed by atoms with Crippen LogP contribution in [-0.2, 0) is 4.74 Å². The highest BCUT2D eigenvalue weighted by Crippen LogP contribution is 2.25. The Hall–Kier alpha value is -0.610. The first-order chi connectivity index (χ1) is 9.20. The fourth-order valence-electron chi connectivity index (χ4n) is 2.78. The first-order valence-electron chi connectivity index (χ1n) is 6.84. The van der Waals surface area contributed by atoms with E-state index in [1.807, 2.05) is 24.3 Å². The molecule has 1 aliphatic rings. The fourth-order valence-corrected chi connectivity index (χ4v) is 3.04. The van der Waals surface area contributed by atoms with Crippen molar-refractivity contribution in [3.05, 3.63) is 34.9 Å². The SMILES string of the molecule is COCC1CCCN(CC(O)c2ccccc2Cl)C1. The average molecular weight is 284 g/mol. The van der Waals surface area contributed by atoms with E-state index in [0.29, 0.717) is 17.5 Å². The zero-order valence-electron chi connectivity index (χ0n) is 11.4. The van der Waals surface area contributed by atoms with E-state index in [9.17, 15) is 5.11 Å². The van der Waals surface area contributed by atoms with Crippen LogP contribution in [0.5, 0.6) is 0 Å². The summed E-state index contributed by atoms with van der Waals surface area (Å²) < 4.78 is 5.23. The van der Waals surface area contributed by atoms with E-state index in [-0.39, 0.29) is 0 Å². The molecule has 1 N–H and O–H groups in total. The Morgan fingerprint density at radius 3 is 3.00 bits per heavy atom. The largest absolute Gasteiger partial charge is 0.387 e. The van der Waals surface area contributed by atoms with Crippen molar-refractivity contribution in [1.29, 1.82) is 0 Å². The molecule has 1 fully saturated rings. The molecule has 0 aromatic heterocycles. The minimum Gasteiger partial charge on any atom is -0.387 e. The van der Waals surface area contributed by atoms with Crippen molar-refractivity contribution in [2.24, 2.45) is 5.92 Å².